The highest BCUT2D eigenvalue weighted by atomic mass is 16.3. The molecule has 2 nitrogen and oxygen atoms in total. The van der Waals surface area contributed by atoms with Crippen LogP contribution in [0.4, 0.5) is 0 Å². The number of aliphatic hydroxyl groups is 2. The standard InChI is InChI=1S/C10H22O2/c1-5-6-9(8(2)3)10(4,12)7-11/h8-9,11-12H,5-7H2,1-4H3/t9-,10+/m1/s1. The predicted molar refractivity (Wildman–Crippen MR) is 50.9 cm³/mol. The average Bonchev–Trinajstić information content (AvgIpc) is 1.99. The van der Waals surface area contributed by atoms with Crippen LogP contribution < -0.4 is 0 Å². The van der Waals surface area contributed by atoms with E-state index in [-0.39, 0.29) is 12.5 Å². The molecule has 0 bridgehead atoms. The maximum absolute atomic E-state index is 9.83. The van der Waals surface area contributed by atoms with E-state index in [4.69, 9.17) is 5.11 Å². The molecule has 0 aromatic rings. The van der Waals surface area contributed by atoms with Crippen molar-refractivity contribution in [3.05, 3.63) is 0 Å². The van der Waals surface area contributed by atoms with Crippen LogP contribution in [0.15, 0.2) is 0 Å². The van der Waals surface area contributed by atoms with Crippen LogP contribution in [0.25, 0.3) is 0 Å². The van der Waals surface area contributed by atoms with Gasteiger partial charge in [-0.3, -0.25) is 0 Å². The molecule has 0 fully saturated rings. The largest absolute Gasteiger partial charge is 0.393 e. The maximum atomic E-state index is 9.83. The van der Waals surface area contributed by atoms with E-state index in [1.54, 1.807) is 6.92 Å². The van der Waals surface area contributed by atoms with E-state index in [0.29, 0.717) is 5.92 Å². The number of hydrogen-bond donors (Lipinski definition) is 2. The molecule has 0 aliphatic carbocycles. The van der Waals surface area contributed by atoms with Gasteiger partial charge in [-0.05, 0) is 25.2 Å². The van der Waals surface area contributed by atoms with E-state index in [2.05, 4.69) is 20.8 Å². The van der Waals surface area contributed by atoms with Crippen LogP contribution in [-0.2, 0) is 0 Å². The van der Waals surface area contributed by atoms with Gasteiger partial charge in [-0.2, -0.15) is 0 Å². The van der Waals surface area contributed by atoms with Crippen molar-refractivity contribution in [1.29, 1.82) is 0 Å². The molecule has 2 atom stereocenters. The molecule has 0 heterocycles. The first kappa shape index (κ1) is 11.9. The van der Waals surface area contributed by atoms with Crippen molar-refractivity contribution >= 4 is 0 Å². The van der Waals surface area contributed by atoms with Gasteiger partial charge in [0.1, 0.15) is 0 Å². The summed E-state index contributed by atoms with van der Waals surface area (Å²) in [6.07, 6.45) is 2.03. The second kappa shape index (κ2) is 4.83. The Morgan fingerprint density at radius 2 is 1.83 bits per heavy atom. The summed E-state index contributed by atoms with van der Waals surface area (Å²) in [6.45, 7) is 7.85. The Kier molecular flexibility index (Phi) is 4.80. The quantitative estimate of drug-likeness (QED) is 0.667. The number of hydrogen-bond acceptors (Lipinski definition) is 2. The van der Waals surface area contributed by atoms with Gasteiger partial charge >= 0.3 is 0 Å². The van der Waals surface area contributed by atoms with E-state index in [1.807, 2.05) is 0 Å². The minimum Gasteiger partial charge on any atom is -0.393 e. The van der Waals surface area contributed by atoms with Crippen LogP contribution in [0, 0.1) is 11.8 Å². The Balaban J connectivity index is 4.27. The summed E-state index contributed by atoms with van der Waals surface area (Å²) in [5.41, 5.74) is -0.913. The monoisotopic (exact) mass is 174 g/mol. The van der Waals surface area contributed by atoms with E-state index >= 15 is 0 Å². The third-order valence-electron chi connectivity index (χ3n) is 2.52. The van der Waals surface area contributed by atoms with Gasteiger partial charge < -0.3 is 10.2 Å². The van der Waals surface area contributed by atoms with Gasteiger partial charge in [-0.15, -0.1) is 0 Å². The molecule has 0 aliphatic rings. The van der Waals surface area contributed by atoms with Crippen molar-refractivity contribution in [1.82, 2.24) is 0 Å². The topological polar surface area (TPSA) is 40.5 Å². The summed E-state index contributed by atoms with van der Waals surface area (Å²) < 4.78 is 0. The molecule has 2 N–H and O–H groups in total. The lowest BCUT2D eigenvalue weighted by Crippen LogP contribution is -2.41. The van der Waals surface area contributed by atoms with Crippen molar-refractivity contribution in [3.63, 3.8) is 0 Å². The Labute approximate surface area is 75.6 Å². The van der Waals surface area contributed by atoms with Crippen LogP contribution in [-0.4, -0.2) is 22.4 Å². The normalized spacial score (nSPS) is 19.2. The predicted octanol–water partition coefficient (Wildman–Crippen LogP) is 1.80. The van der Waals surface area contributed by atoms with E-state index in [9.17, 15) is 5.11 Å². The molecule has 2 heteroatoms. The Hall–Kier alpha value is -0.0800. The third kappa shape index (κ3) is 3.11. The van der Waals surface area contributed by atoms with Gasteiger partial charge in [-0.25, -0.2) is 0 Å². The van der Waals surface area contributed by atoms with Crippen molar-refractivity contribution in [2.45, 2.75) is 46.1 Å². The minimum atomic E-state index is -0.913. The summed E-state index contributed by atoms with van der Waals surface area (Å²) in [5, 5.41) is 18.8. The SMILES string of the molecule is CCC[C@H](C(C)C)[C@@](C)(O)CO. The fraction of sp³-hybridized carbons (Fsp3) is 1.00. The first-order valence-electron chi connectivity index (χ1n) is 4.79. The summed E-state index contributed by atoms with van der Waals surface area (Å²) in [4.78, 5) is 0. The van der Waals surface area contributed by atoms with Gasteiger partial charge in [-0.1, -0.05) is 27.2 Å². The van der Waals surface area contributed by atoms with Crippen LogP contribution in [0.2, 0.25) is 0 Å². The Morgan fingerprint density at radius 3 is 2.08 bits per heavy atom. The van der Waals surface area contributed by atoms with Gasteiger partial charge in [0.25, 0.3) is 0 Å². The van der Waals surface area contributed by atoms with Gasteiger partial charge in [0.05, 0.1) is 12.2 Å². The summed E-state index contributed by atoms with van der Waals surface area (Å²) >= 11 is 0. The van der Waals surface area contributed by atoms with Gasteiger partial charge in [0.15, 0.2) is 0 Å². The van der Waals surface area contributed by atoms with E-state index < -0.39 is 5.60 Å². The highest BCUT2D eigenvalue weighted by Crippen LogP contribution is 2.28. The fourth-order valence-electron chi connectivity index (χ4n) is 1.79. The molecular weight excluding hydrogens is 152 g/mol. The van der Waals surface area contributed by atoms with E-state index in [0.717, 1.165) is 12.8 Å². The molecule has 12 heavy (non-hydrogen) atoms. The van der Waals surface area contributed by atoms with Crippen LogP contribution >= 0.6 is 0 Å². The lowest BCUT2D eigenvalue weighted by atomic mass is 9.78. The smallest absolute Gasteiger partial charge is 0.0879 e. The maximum Gasteiger partial charge on any atom is 0.0879 e. The molecule has 0 unspecified atom stereocenters. The first-order valence-corrected chi connectivity index (χ1v) is 4.79. The Bertz CT molecular complexity index is 119. The fourth-order valence-corrected chi connectivity index (χ4v) is 1.79. The van der Waals surface area contributed by atoms with Gasteiger partial charge in [0.2, 0.25) is 0 Å². The summed E-state index contributed by atoms with van der Waals surface area (Å²) in [5.74, 6) is 0.625. The second-order valence-corrected chi connectivity index (χ2v) is 4.15. The zero-order valence-electron chi connectivity index (χ0n) is 8.67. The van der Waals surface area contributed by atoms with Crippen molar-refractivity contribution in [2.75, 3.05) is 6.61 Å². The first-order chi connectivity index (χ1) is 5.45. The van der Waals surface area contributed by atoms with Crippen molar-refractivity contribution in [3.8, 4) is 0 Å². The summed E-state index contributed by atoms with van der Waals surface area (Å²) in [7, 11) is 0. The van der Waals surface area contributed by atoms with E-state index in [1.165, 1.54) is 0 Å². The molecule has 0 amide bonds. The molecule has 0 aliphatic heterocycles. The highest BCUT2D eigenvalue weighted by molar-refractivity contribution is 4.82. The zero-order valence-corrected chi connectivity index (χ0v) is 8.67. The molecule has 74 valence electrons. The molecular formula is C10H22O2. The highest BCUT2D eigenvalue weighted by Gasteiger charge is 2.32. The zero-order chi connectivity index (χ0) is 9.78. The molecule has 0 radical (unpaired) electrons. The number of rotatable bonds is 5. The molecule has 0 aromatic heterocycles. The van der Waals surface area contributed by atoms with Crippen LogP contribution in [0.5, 0.6) is 0 Å². The molecule has 0 rings (SSSR count). The van der Waals surface area contributed by atoms with Crippen LogP contribution in [0.1, 0.15) is 40.5 Å². The van der Waals surface area contributed by atoms with Crippen LogP contribution in [0.3, 0.4) is 0 Å². The lowest BCUT2D eigenvalue weighted by Gasteiger charge is -2.34. The minimum absolute atomic E-state index is 0.143. The molecule has 0 spiro atoms. The molecule has 0 saturated carbocycles. The van der Waals surface area contributed by atoms with Crippen molar-refractivity contribution < 1.29 is 10.2 Å². The van der Waals surface area contributed by atoms with Crippen molar-refractivity contribution in [2.24, 2.45) is 11.8 Å². The average molecular weight is 174 g/mol. The summed E-state index contributed by atoms with van der Waals surface area (Å²) in [6, 6.07) is 0. The Morgan fingerprint density at radius 1 is 1.33 bits per heavy atom. The molecule has 0 saturated heterocycles. The second-order valence-electron chi connectivity index (χ2n) is 4.15. The molecule has 0 aromatic carbocycles. The third-order valence-corrected chi connectivity index (χ3v) is 2.52. The lowest BCUT2D eigenvalue weighted by molar-refractivity contribution is -0.0646. The number of aliphatic hydroxyl groups excluding tert-OH is 1. The van der Waals surface area contributed by atoms with Gasteiger partial charge in [0, 0.05) is 0 Å².